The molecule has 0 aliphatic carbocycles. The Kier molecular flexibility index (Phi) is 6.16. The van der Waals surface area contributed by atoms with Crippen LogP contribution in [-0.4, -0.2) is 5.91 Å². The smallest absolute Gasteiger partial charge is 0.255 e. The molecule has 2 aromatic rings. The van der Waals surface area contributed by atoms with Gasteiger partial charge in [0, 0.05) is 11.3 Å². The number of rotatable bonds is 6. The van der Waals surface area contributed by atoms with Crippen LogP contribution in [0.15, 0.2) is 54.6 Å². The number of nitrogens with one attached hydrogen (secondary N) is 1. The number of carbonyl (C=O) groups excluding carboxylic acids is 1. The highest BCUT2D eigenvalue weighted by Crippen LogP contribution is 2.18. The predicted octanol–water partition coefficient (Wildman–Crippen LogP) is 5.56. The number of anilines is 1. The van der Waals surface area contributed by atoms with E-state index in [1.807, 2.05) is 42.5 Å². The summed E-state index contributed by atoms with van der Waals surface area (Å²) in [6.07, 6.45) is 6.26. The molecule has 0 aromatic heterocycles. The standard InChI is InChI=1S/C21H25NO/c1-4-7-18-8-5-6-9-20(18)22-21(23)19-14-12-17(13-15-19)11-10-16(2)3/h5-6,8-16H,4,7H2,1-3H3,(H,22,23)/b11-10+. The lowest BCUT2D eigenvalue weighted by molar-refractivity contribution is 0.102. The Morgan fingerprint density at radius 1 is 1.09 bits per heavy atom. The minimum absolute atomic E-state index is 0.0621. The minimum Gasteiger partial charge on any atom is -0.322 e. The van der Waals surface area contributed by atoms with Crippen molar-refractivity contribution >= 4 is 17.7 Å². The van der Waals surface area contributed by atoms with Gasteiger partial charge in [0.25, 0.3) is 5.91 Å². The summed E-state index contributed by atoms with van der Waals surface area (Å²) >= 11 is 0. The molecule has 2 rings (SSSR count). The summed E-state index contributed by atoms with van der Waals surface area (Å²) in [5.41, 5.74) is 3.88. The molecule has 2 nitrogen and oxygen atoms in total. The Bertz CT molecular complexity index is 668. The second kappa shape index (κ2) is 8.33. The lowest BCUT2D eigenvalue weighted by Gasteiger charge is -2.10. The summed E-state index contributed by atoms with van der Waals surface area (Å²) in [6.45, 7) is 6.43. The fraction of sp³-hybridized carbons (Fsp3) is 0.286. The summed E-state index contributed by atoms with van der Waals surface area (Å²) < 4.78 is 0. The average molecular weight is 307 g/mol. The van der Waals surface area contributed by atoms with Crippen LogP contribution in [0, 0.1) is 5.92 Å². The fourth-order valence-electron chi connectivity index (χ4n) is 2.37. The third-order valence-electron chi connectivity index (χ3n) is 3.63. The molecule has 2 heteroatoms. The Hall–Kier alpha value is -2.35. The largest absolute Gasteiger partial charge is 0.322 e. The number of benzene rings is 2. The van der Waals surface area contributed by atoms with E-state index in [1.165, 1.54) is 5.56 Å². The van der Waals surface area contributed by atoms with Crippen molar-refractivity contribution in [2.24, 2.45) is 5.92 Å². The second-order valence-corrected chi connectivity index (χ2v) is 6.09. The van der Waals surface area contributed by atoms with E-state index in [0.29, 0.717) is 11.5 Å². The van der Waals surface area contributed by atoms with E-state index in [9.17, 15) is 4.79 Å². The SMILES string of the molecule is CCCc1ccccc1NC(=O)c1ccc(/C=C/C(C)C)cc1. The van der Waals surface area contributed by atoms with Gasteiger partial charge in [-0.3, -0.25) is 4.79 Å². The van der Waals surface area contributed by atoms with Crippen LogP contribution in [0.3, 0.4) is 0 Å². The van der Waals surface area contributed by atoms with Crippen LogP contribution in [0.4, 0.5) is 5.69 Å². The zero-order valence-corrected chi connectivity index (χ0v) is 14.2. The van der Waals surface area contributed by atoms with Gasteiger partial charge in [-0.05, 0) is 41.7 Å². The van der Waals surface area contributed by atoms with E-state index >= 15 is 0 Å². The van der Waals surface area contributed by atoms with E-state index in [0.717, 1.165) is 24.1 Å². The number of para-hydroxylation sites is 1. The van der Waals surface area contributed by atoms with Crippen molar-refractivity contribution in [3.63, 3.8) is 0 Å². The normalized spacial score (nSPS) is 11.1. The van der Waals surface area contributed by atoms with Crippen LogP contribution in [0.1, 0.15) is 48.7 Å². The molecule has 0 fully saturated rings. The maximum Gasteiger partial charge on any atom is 0.255 e. The van der Waals surface area contributed by atoms with Crippen LogP contribution >= 0.6 is 0 Å². The van der Waals surface area contributed by atoms with E-state index in [1.54, 1.807) is 0 Å². The second-order valence-electron chi connectivity index (χ2n) is 6.09. The van der Waals surface area contributed by atoms with Gasteiger partial charge < -0.3 is 5.32 Å². The molecular formula is C21H25NO. The summed E-state index contributed by atoms with van der Waals surface area (Å²) in [5.74, 6) is 0.459. The van der Waals surface area contributed by atoms with Crippen LogP contribution in [0.2, 0.25) is 0 Å². The molecule has 0 spiro atoms. The van der Waals surface area contributed by atoms with E-state index < -0.39 is 0 Å². The maximum atomic E-state index is 12.4. The van der Waals surface area contributed by atoms with Gasteiger partial charge in [0.15, 0.2) is 0 Å². The molecule has 0 aliphatic rings. The molecule has 1 amide bonds. The zero-order valence-electron chi connectivity index (χ0n) is 14.2. The minimum atomic E-state index is -0.0621. The summed E-state index contributed by atoms with van der Waals surface area (Å²) in [6, 6.07) is 15.7. The summed E-state index contributed by atoms with van der Waals surface area (Å²) in [7, 11) is 0. The molecular weight excluding hydrogens is 282 g/mol. The predicted molar refractivity (Wildman–Crippen MR) is 98.7 cm³/mol. The number of hydrogen-bond acceptors (Lipinski definition) is 1. The van der Waals surface area contributed by atoms with Crippen LogP contribution in [0.25, 0.3) is 6.08 Å². The van der Waals surface area contributed by atoms with E-state index in [-0.39, 0.29) is 5.91 Å². The van der Waals surface area contributed by atoms with Crippen molar-refractivity contribution in [2.75, 3.05) is 5.32 Å². The average Bonchev–Trinajstić information content (AvgIpc) is 2.55. The van der Waals surface area contributed by atoms with Crippen molar-refractivity contribution in [3.8, 4) is 0 Å². The first kappa shape index (κ1) is 17.0. The van der Waals surface area contributed by atoms with Crippen molar-refractivity contribution < 1.29 is 4.79 Å². The lowest BCUT2D eigenvalue weighted by Crippen LogP contribution is -2.13. The van der Waals surface area contributed by atoms with Gasteiger partial charge in [-0.15, -0.1) is 0 Å². The Labute approximate surface area is 139 Å². The molecule has 0 aliphatic heterocycles. The number of hydrogen-bond donors (Lipinski definition) is 1. The number of allylic oxidation sites excluding steroid dienone is 1. The first-order valence-corrected chi connectivity index (χ1v) is 8.27. The number of carbonyl (C=O) groups is 1. The first-order chi connectivity index (χ1) is 11.1. The molecule has 0 saturated carbocycles. The molecule has 120 valence electrons. The Morgan fingerprint density at radius 3 is 2.43 bits per heavy atom. The monoisotopic (exact) mass is 307 g/mol. The van der Waals surface area contributed by atoms with E-state index in [4.69, 9.17) is 0 Å². The topological polar surface area (TPSA) is 29.1 Å². The first-order valence-electron chi connectivity index (χ1n) is 8.27. The molecule has 2 aromatic carbocycles. The van der Waals surface area contributed by atoms with Crippen LogP contribution < -0.4 is 5.32 Å². The molecule has 23 heavy (non-hydrogen) atoms. The van der Waals surface area contributed by atoms with Crippen molar-refractivity contribution in [3.05, 3.63) is 71.3 Å². The molecule has 0 unspecified atom stereocenters. The van der Waals surface area contributed by atoms with Crippen molar-refractivity contribution in [2.45, 2.75) is 33.6 Å². The molecule has 1 N–H and O–H groups in total. The van der Waals surface area contributed by atoms with E-state index in [2.05, 4.69) is 44.3 Å². The van der Waals surface area contributed by atoms with Gasteiger partial charge in [0.2, 0.25) is 0 Å². The molecule has 0 heterocycles. The van der Waals surface area contributed by atoms with Gasteiger partial charge in [-0.1, -0.05) is 69.7 Å². The van der Waals surface area contributed by atoms with Crippen LogP contribution in [-0.2, 0) is 6.42 Å². The molecule has 0 saturated heterocycles. The van der Waals surface area contributed by atoms with Gasteiger partial charge in [0.1, 0.15) is 0 Å². The van der Waals surface area contributed by atoms with Gasteiger partial charge in [0.05, 0.1) is 0 Å². The highest BCUT2D eigenvalue weighted by atomic mass is 16.1. The quantitative estimate of drug-likeness (QED) is 0.743. The highest BCUT2D eigenvalue weighted by molar-refractivity contribution is 6.04. The van der Waals surface area contributed by atoms with Crippen molar-refractivity contribution in [1.82, 2.24) is 0 Å². The molecule has 0 atom stereocenters. The van der Waals surface area contributed by atoms with Gasteiger partial charge in [-0.2, -0.15) is 0 Å². The lowest BCUT2D eigenvalue weighted by atomic mass is 10.1. The molecule has 0 bridgehead atoms. The fourth-order valence-corrected chi connectivity index (χ4v) is 2.37. The highest BCUT2D eigenvalue weighted by Gasteiger charge is 2.08. The molecule has 0 radical (unpaired) electrons. The Balaban J connectivity index is 2.09. The summed E-state index contributed by atoms with van der Waals surface area (Å²) in [5, 5.41) is 3.02. The number of amides is 1. The summed E-state index contributed by atoms with van der Waals surface area (Å²) in [4.78, 5) is 12.4. The third kappa shape index (κ3) is 5.10. The zero-order chi connectivity index (χ0) is 16.7. The van der Waals surface area contributed by atoms with Gasteiger partial charge in [-0.25, -0.2) is 0 Å². The maximum absolute atomic E-state index is 12.4. The third-order valence-corrected chi connectivity index (χ3v) is 3.63. The Morgan fingerprint density at radius 2 is 1.78 bits per heavy atom. The van der Waals surface area contributed by atoms with Gasteiger partial charge >= 0.3 is 0 Å². The van der Waals surface area contributed by atoms with Crippen molar-refractivity contribution in [1.29, 1.82) is 0 Å². The van der Waals surface area contributed by atoms with Crippen LogP contribution in [0.5, 0.6) is 0 Å². The number of aryl methyl sites for hydroxylation is 1.